The van der Waals surface area contributed by atoms with Gasteiger partial charge in [-0.15, -0.1) is 0 Å². The van der Waals surface area contributed by atoms with E-state index >= 15 is 0 Å². The second-order valence-electron chi connectivity index (χ2n) is 9.90. The number of carbonyl (C=O) groups is 3. The first-order valence-electron chi connectivity index (χ1n) is 13.2. The van der Waals surface area contributed by atoms with Crippen LogP contribution >= 0.6 is 0 Å². The van der Waals surface area contributed by atoms with E-state index in [1.54, 1.807) is 24.3 Å². The molecule has 0 bridgehead atoms. The molecule has 0 unspecified atom stereocenters. The zero-order valence-corrected chi connectivity index (χ0v) is 22.4. The van der Waals surface area contributed by atoms with Gasteiger partial charge in [-0.3, -0.25) is 14.4 Å². The Labute approximate surface area is 223 Å². The number of rotatable bonds is 10. The molecule has 10 heteroatoms. The van der Waals surface area contributed by atoms with Crippen molar-refractivity contribution in [3.8, 4) is 0 Å². The molecule has 0 saturated heterocycles. The maximum atomic E-state index is 13.5. The van der Waals surface area contributed by atoms with Crippen LogP contribution in [0.2, 0.25) is 0 Å². The fraction of sp³-hybridized carbons (Fsp3) is 0.464. The summed E-state index contributed by atoms with van der Waals surface area (Å²) in [7, 11) is -3.96. The first kappa shape index (κ1) is 27.8. The van der Waals surface area contributed by atoms with Crippen molar-refractivity contribution >= 4 is 27.7 Å². The van der Waals surface area contributed by atoms with Gasteiger partial charge in [-0.25, -0.2) is 17.1 Å². The van der Waals surface area contributed by atoms with Crippen LogP contribution in [-0.2, 0) is 26.2 Å². The van der Waals surface area contributed by atoms with Crippen LogP contribution in [0.25, 0.3) is 0 Å². The van der Waals surface area contributed by atoms with Gasteiger partial charge < -0.3 is 10.2 Å². The Bertz CT molecular complexity index is 1280. The van der Waals surface area contributed by atoms with E-state index in [0.717, 1.165) is 36.4 Å². The highest BCUT2D eigenvalue weighted by molar-refractivity contribution is 7.90. The lowest BCUT2D eigenvalue weighted by Gasteiger charge is -2.33. The van der Waals surface area contributed by atoms with Gasteiger partial charge in [-0.05, 0) is 55.5 Å². The number of nitrogens with one attached hydrogen (secondary N) is 1. The largest absolute Gasteiger partial charge is 0.352 e. The van der Waals surface area contributed by atoms with Gasteiger partial charge in [0, 0.05) is 25.6 Å². The summed E-state index contributed by atoms with van der Waals surface area (Å²) in [5.41, 5.74) is 0.804. The third kappa shape index (κ3) is 6.06. The average Bonchev–Trinajstić information content (AvgIpc) is 3.10. The molecule has 204 valence electrons. The Hall–Kier alpha value is -3.27. The van der Waals surface area contributed by atoms with Crippen molar-refractivity contribution < 1.29 is 27.2 Å². The predicted molar refractivity (Wildman–Crippen MR) is 140 cm³/mol. The molecule has 1 aliphatic heterocycles. The highest BCUT2D eigenvalue weighted by Gasteiger charge is 2.40. The SMILES string of the molecule is CC[C@H](C(=O)NC1CCCCC1)N(Cc1ccc(F)cc1)C(=O)CCCN1C(=O)c2ccccc2S1(=O)=O. The summed E-state index contributed by atoms with van der Waals surface area (Å²) >= 11 is 0. The van der Waals surface area contributed by atoms with E-state index in [1.165, 1.54) is 29.2 Å². The molecule has 1 N–H and O–H groups in total. The molecule has 8 nitrogen and oxygen atoms in total. The van der Waals surface area contributed by atoms with Crippen LogP contribution in [0.4, 0.5) is 4.39 Å². The van der Waals surface area contributed by atoms with Gasteiger partial charge in [0.15, 0.2) is 0 Å². The monoisotopic (exact) mass is 543 g/mol. The molecule has 1 saturated carbocycles. The Morgan fingerprint density at radius 1 is 1.08 bits per heavy atom. The molecular weight excluding hydrogens is 509 g/mol. The predicted octanol–water partition coefficient (Wildman–Crippen LogP) is 4.01. The number of sulfonamides is 1. The quantitative estimate of drug-likeness (QED) is 0.488. The Morgan fingerprint density at radius 3 is 2.42 bits per heavy atom. The lowest BCUT2D eigenvalue weighted by atomic mass is 9.95. The zero-order valence-electron chi connectivity index (χ0n) is 21.6. The molecule has 1 aliphatic carbocycles. The van der Waals surface area contributed by atoms with Gasteiger partial charge >= 0.3 is 0 Å². The lowest BCUT2D eigenvalue weighted by molar-refractivity contribution is -0.141. The molecule has 38 heavy (non-hydrogen) atoms. The van der Waals surface area contributed by atoms with Crippen molar-refractivity contribution in [1.29, 1.82) is 0 Å². The summed E-state index contributed by atoms with van der Waals surface area (Å²) in [5.74, 6) is -1.55. The Balaban J connectivity index is 1.46. The maximum absolute atomic E-state index is 13.5. The highest BCUT2D eigenvalue weighted by atomic mass is 32.2. The van der Waals surface area contributed by atoms with Crippen LogP contribution in [0, 0.1) is 5.82 Å². The number of hydrogen-bond donors (Lipinski definition) is 1. The van der Waals surface area contributed by atoms with Crippen LogP contribution in [0.3, 0.4) is 0 Å². The lowest BCUT2D eigenvalue weighted by Crippen LogP contribution is -2.51. The van der Waals surface area contributed by atoms with E-state index in [2.05, 4.69) is 5.32 Å². The Morgan fingerprint density at radius 2 is 1.76 bits per heavy atom. The minimum absolute atomic E-state index is 0.0281. The molecule has 0 radical (unpaired) electrons. The van der Waals surface area contributed by atoms with Gasteiger partial charge in [-0.1, -0.05) is 50.5 Å². The number of halogens is 1. The minimum Gasteiger partial charge on any atom is -0.352 e. The average molecular weight is 544 g/mol. The van der Waals surface area contributed by atoms with Crippen molar-refractivity contribution in [2.75, 3.05) is 6.54 Å². The Kier molecular flexibility index (Phi) is 8.81. The fourth-order valence-corrected chi connectivity index (χ4v) is 6.83. The molecule has 1 atom stereocenters. The van der Waals surface area contributed by atoms with Gasteiger partial charge in [0.25, 0.3) is 15.9 Å². The van der Waals surface area contributed by atoms with Crippen LogP contribution in [0.5, 0.6) is 0 Å². The van der Waals surface area contributed by atoms with Crippen LogP contribution < -0.4 is 5.32 Å². The van der Waals surface area contributed by atoms with Crippen molar-refractivity contribution in [1.82, 2.24) is 14.5 Å². The number of hydrogen-bond acceptors (Lipinski definition) is 5. The third-order valence-corrected chi connectivity index (χ3v) is 9.11. The van der Waals surface area contributed by atoms with Crippen molar-refractivity contribution in [2.24, 2.45) is 0 Å². The summed E-state index contributed by atoms with van der Waals surface area (Å²) in [5, 5.41) is 3.10. The standard InChI is InChI=1S/C28H34FN3O5S/c1-2-24(27(34)30-22-9-4-3-5-10-22)31(19-20-14-16-21(29)17-15-20)26(33)13-8-18-32-28(35)23-11-6-7-12-25(23)38(32,36)37/h6-7,11-12,14-17,22,24H,2-5,8-10,13,18-19H2,1H3,(H,30,34)/t24-/m1/s1. The molecule has 0 aromatic heterocycles. The summed E-state index contributed by atoms with van der Waals surface area (Å²) in [6.45, 7) is 1.81. The minimum atomic E-state index is -3.96. The van der Waals surface area contributed by atoms with E-state index < -0.39 is 27.8 Å². The van der Waals surface area contributed by atoms with Crippen LogP contribution in [0.1, 0.15) is 74.2 Å². The van der Waals surface area contributed by atoms with Gasteiger partial charge in [0.1, 0.15) is 16.8 Å². The first-order chi connectivity index (χ1) is 18.2. The molecule has 2 aromatic rings. The number of fused-ring (bicyclic) bond motifs is 1. The van der Waals surface area contributed by atoms with Gasteiger partial charge in [-0.2, -0.15) is 0 Å². The molecule has 1 fully saturated rings. The van der Waals surface area contributed by atoms with Crippen LogP contribution in [0.15, 0.2) is 53.4 Å². The molecule has 2 aromatic carbocycles. The molecule has 4 rings (SSSR count). The van der Waals surface area contributed by atoms with Crippen molar-refractivity contribution in [3.05, 3.63) is 65.5 Å². The fourth-order valence-electron chi connectivity index (χ4n) is 5.22. The summed E-state index contributed by atoms with van der Waals surface area (Å²) in [6.07, 6.45) is 5.54. The smallest absolute Gasteiger partial charge is 0.269 e. The molecular formula is C28H34FN3O5S. The van der Waals surface area contributed by atoms with Gasteiger partial charge in [0.05, 0.1) is 5.56 Å². The first-order valence-corrected chi connectivity index (χ1v) is 14.7. The van der Waals surface area contributed by atoms with E-state index in [1.807, 2.05) is 6.92 Å². The molecule has 2 aliphatic rings. The van der Waals surface area contributed by atoms with E-state index in [9.17, 15) is 27.2 Å². The summed E-state index contributed by atoms with van der Waals surface area (Å²) in [4.78, 5) is 40.9. The van der Waals surface area contributed by atoms with Crippen molar-refractivity contribution in [2.45, 2.75) is 81.8 Å². The van der Waals surface area contributed by atoms with Crippen LogP contribution in [-0.4, -0.2) is 54.0 Å². The van der Waals surface area contributed by atoms with Crippen molar-refractivity contribution in [3.63, 3.8) is 0 Å². The highest BCUT2D eigenvalue weighted by Crippen LogP contribution is 2.30. The second-order valence-corrected chi connectivity index (χ2v) is 11.7. The summed E-state index contributed by atoms with van der Waals surface area (Å²) < 4.78 is 39.9. The second kappa shape index (κ2) is 12.1. The molecule has 1 heterocycles. The normalized spacial score (nSPS) is 17.6. The third-order valence-electron chi connectivity index (χ3n) is 7.27. The van der Waals surface area contributed by atoms with Gasteiger partial charge in [0.2, 0.25) is 11.8 Å². The molecule has 0 spiro atoms. The number of amides is 3. The van der Waals surface area contributed by atoms with E-state index in [4.69, 9.17) is 0 Å². The van der Waals surface area contributed by atoms with E-state index in [-0.39, 0.29) is 54.2 Å². The molecule has 3 amide bonds. The number of carbonyl (C=O) groups excluding carboxylic acids is 3. The number of benzene rings is 2. The number of nitrogens with zero attached hydrogens (tertiary/aromatic N) is 2. The van der Waals surface area contributed by atoms with E-state index in [0.29, 0.717) is 12.0 Å². The maximum Gasteiger partial charge on any atom is 0.269 e. The zero-order chi connectivity index (χ0) is 27.3. The topological polar surface area (TPSA) is 104 Å². The summed E-state index contributed by atoms with van der Waals surface area (Å²) in [6, 6.07) is 11.2.